The summed E-state index contributed by atoms with van der Waals surface area (Å²) in [6.45, 7) is 7.64. The van der Waals surface area contributed by atoms with Crippen LogP contribution in [0.4, 0.5) is 0 Å². The van der Waals surface area contributed by atoms with Crippen molar-refractivity contribution in [3.63, 3.8) is 0 Å². The van der Waals surface area contributed by atoms with Crippen LogP contribution in [-0.2, 0) is 0 Å². The van der Waals surface area contributed by atoms with Gasteiger partial charge in [0, 0.05) is 30.1 Å². The number of rotatable bonds is 5. The number of likely N-dealkylation sites (tertiary alicyclic amines) is 1. The molecule has 1 saturated carbocycles. The van der Waals surface area contributed by atoms with Crippen LogP contribution in [0.5, 0.6) is 0 Å². The Labute approximate surface area is 207 Å². The maximum Gasteiger partial charge on any atom is 0.254 e. The van der Waals surface area contributed by atoms with E-state index in [1.165, 1.54) is 24.8 Å². The molecule has 0 spiro atoms. The molecule has 2 fully saturated rings. The van der Waals surface area contributed by atoms with Gasteiger partial charge in [0.15, 0.2) is 5.82 Å². The second-order valence-corrected chi connectivity index (χ2v) is 10.4. The smallest absolute Gasteiger partial charge is 0.254 e. The highest BCUT2D eigenvalue weighted by atomic mass is 16.2. The van der Waals surface area contributed by atoms with Crippen LogP contribution in [-0.4, -0.2) is 39.1 Å². The Morgan fingerprint density at radius 2 is 1.77 bits per heavy atom. The third-order valence-electron chi connectivity index (χ3n) is 7.78. The van der Waals surface area contributed by atoms with Crippen molar-refractivity contribution in [1.82, 2.24) is 20.1 Å². The molecule has 6 nitrogen and oxygen atoms in total. The fourth-order valence-corrected chi connectivity index (χ4v) is 5.40. The van der Waals surface area contributed by atoms with Gasteiger partial charge < -0.3 is 9.88 Å². The van der Waals surface area contributed by atoms with Crippen LogP contribution in [0.2, 0.25) is 0 Å². The normalized spacial score (nSPS) is 16.8. The highest BCUT2D eigenvalue weighted by Crippen LogP contribution is 2.42. The Balaban J connectivity index is 1.40. The van der Waals surface area contributed by atoms with Crippen molar-refractivity contribution >= 4 is 5.91 Å². The standard InChI is InChI=1S/C29H33N5O/c1-18(2)27-31-28(33-32-27)26-16-24(19(3)15-25(26)20-8-6-9-20)29(35)34-13-11-21(12-14-34)23-10-5-4-7-22(23)17-30/h4-5,7,10,15-16,18,20-21H,6,8-9,11-14H2,1-3H3,(H,31,32,33). The van der Waals surface area contributed by atoms with Crippen molar-refractivity contribution in [2.75, 3.05) is 13.1 Å². The molecule has 1 aromatic heterocycles. The summed E-state index contributed by atoms with van der Waals surface area (Å²) in [4.78, 5) is 19.0. The minimum absolute atomic E-state index is 0.0829. The van der Waals surface area contributed by atoms with E-state index in [2.05, 4.69) is 54.2 Å². The monoisotopic (exact) mass is 467 g/mol. The number of carbonyl (C=O) groups is 1. The number of hydrogen-bond donors (Lipinski definition) is 1. The van der Waals surface area contributed by atoms with Crippen LogP contribution in [0.15, 0.2) is 36.4 Å². The van der Waals surface area contributed by atoms with E-state index in [1.807, 2.05) is 29.2 Å². The summed E-state index contributed by atoms with van der Waals surface area (Å²) in [5.41, 5.74) is 5.93. The van der Waals surface area contributed by atoms with Gasteiger partial charge in [-0.2, -0.15) is 5.26 Å². The first-order valence-electron chi connectivity index (χ1n) is 12.8. The topological polar surface area (TPSA) is 85.7 Å². The lowest BCUT2D eigenvalue weighted by atomic mass is 9.77. The van der Waals surface area contributed by atoms with Gasteiger partial charge in [-0.05, 0) is 73.3 Å². The van der Waals surface area contributed by atoms with Gasteiger partial charge in [0.05, 0.1) is 11.6 Å². The number of nitrogens with zero attached hydrogens (tertiary/aromatic N) is 4. The van der Waals surface area contributed by atoms with Crippen molar-refractivity contribution in [2.24, 2.45) is 0 Å². The van der Waals surface area contributed by atoms with Gasteiger partial charge in [-0.1, -0.05) is 44.5 Å². The third-order valence-corrected chi connectivity index (χ3v) is 7.78. The number of amides is 1. The number of nitrogens with one attached hydrogen (secondary N) is 1. The SMILES string of the molecule is Cc1cc(C2CCC2)c(-c2nnc(C(C)C)[nH]2)cc1C(=O)N1CCC(c2ccccc2C#N)CC1. The number of carbonyl (C=O) groups excluding carboxylic acids is 1. The molecule has 2 aromatic carbocycles. The van der Waals surface area contributed by atoms with Gasteiger partial charge >= 0.3 is 0 Å². The molecule has 180 valence electrons. The first-order valence-corrected chi connectivity index (χ1v) is 12.8. The molecule has 0 bridgehead atoms. The molecule has 6 heteroatoms. The minimum Gasteiger partial charge on any atom is -0.339 e. The van der Waals surface area contributed by atoms with E-state index in [0.717, 1.165) is 52.3 Å². The number of hydrogen-bond acceptors (Lipinski definition) is 4. The van der Waals surface area contributed by atoms with Crippen LogP contribution < -0.4 is 0 Å². The van der Waals surface area contributed by atoms with Crippen LogP contribution in [0.1, 0.15) is 102 Å². The molecule has 35 heavy (non-hydrogen) atoms. The Kier molecular flexibility index (Phi) is 6.42. The molecule has 2 heterocycles. The minimum atomic E-state index is 0.0829. The molecule has 0 unspecified atom stereocenters. The molecule has 1 aliphatic carbocycles. The fraction of sp³-hybridized carbons (Fsp3) is 0.448. The molecule has 1 amide bonds. The molecule has 1 N–H and O–H groups in total. The van der Waals surface area contributed by atoms with E-state index in [0.29, 0.717) is 24.9 Å². The Bertz CT molecular complexity index is 1270. The summed E-state index contributed by atoms with van der Waals surface area (Å²) in [5.74, 6) is 2.82. The molecular formula is C29H33N5O. The number of H-pyrrole nitrogens is 1. The van der Waals surface area contributed by atoms with E-state index in [9.17, 15) is 10.1 Å². The second kappa shape index (κ2) is 9.65. The summed E-state index contributed by atoms with van der Waals surface area (Å²) in [5, 5.41) is 18.3. The quantitative estimate of drug-likeness (QED) is 0.494. The van der Waals surface area contributed by atoms with Crippen LogP contribution in [0, 0.1) is 18.3 Å². The number of piperidine rings is 1. The van der Waals surface area contributed by atoms with Crippen molar-refractivity contribution < 1.29 is 4.79 Å². The summed E-state index contributed by atoms with van der Waals surface area (Å²) in [7, 11) is 0. The highest BCUT2D eigenvalue weighted by Gasteiger charge is 2.30. The van der Waals surface area contributed by atoms with Gasteiger partial charge in [-0.15, -0.1) is 10.2 Å². The lowest BCUT2D eigenvalue weighted by Crippen LogP contribution is -2.38. The zero-order valence-electron chi connectivity index (χ0n) is 20.8. The van der Waals surface area contributed by atoms with Crippen LogP contribution in [0.3, 0.4) is 0 Å². The number of nitriles is 1. The van der Waals surface area contributed by atoms with E-state index in [4.69, 9.17) is 0 Å². The van der Waals surface area contributed by atoms with Crippen LogP contribution in [0.25, 0.3) is 11.4 Å². The molecule has 0 radical (unpaired) electrons. The Morgan fingerprint density at radius 3 is 2.40 bits per heavy atom. The van der Waals surface area contributed by atoms with Crippen LogP contribution >= 0.6 is 0 Å². The average Bonchev–Trinajstić information content (AvgIpc) is 3.33. The maximum atomic E-state index is 13.7. The van der Waals surface area contributed by atoms with E-state index in [1.54, 1.807) is 0 Å². The van der Waals surface area contributed by atoms with Gasteiger partial charge in [0.25, 0.3) is 5.91 Å². The summed E-state index contributed by atoms with van der Waals surface area (Å²) in [6.07, 6.45) is 5.36. The van der Waals surface area contributed by atoms with Gasteiger partial charge in [0.2, 0.25) is 0 Å². The van der Waals surface area contributed by atoms with E-state index in [-0.39, 0.29) is 11.8 Å². The van der Waals surface area contributed by atoms with Gasteiger partial charge in [0.1, 0.15) is 5.82 Å². The van der Waals surface area contributed by atoms with Crippen molar-refractivity contribution in [3.8, 4) is 17.5 Å². The highest BCUT2D eigenvalue weighted by molar-refractivity contribution is 5.97. The summed E-state index contributed by atoms with van der Waals surface area (Å²) >= 11 is 0. The lowest BCUT2D eigenvalue weighted by molar-refractivity contribution is 0.0712. The number of benzene rings is 2. The molecule has 1 saturated heterocycles. The van der Waals surface area contributed by atoms with E-state index >= 15 is 0 Å². The predicted molar refractivity (Wildman–Crippen MR) is 136 cm³/mol. The molecule has 5 rings (SSSR count). The van der Waals surface area contributed by atoms with Crippen molar-refractivity contribution in [1.29, 1.82) is 5.26 Å². The second-order valence-electron chi connectivity index (χ2n) is 10.4. The number of aromatic nitrogens is 3. The molecule has 0 atom stereocenters. The molecular weight excluding hydrogens is 434 g/mol. The maximum absolute atomic E-state index is 13.7. The molecule has 1 aliphatic heterocycles. The number of aryl methyl sites for hydroxylation is 1. The first-order chi connectivity index (χ1) is 17.0. The fourth-order valence-electron chi connectivity index (χ4n) is 5.40. The predicted octanol–water partition coefficient (Wildman–Crippen LogP) is 6.06. The summed E-state index contributed by atoms with van der Waals surface area (Å²) in [6, 6.07) is 14.4. The van der Waals surface area contributed by atoms with Crippen molar-refractivity contribution in [3.05, 3.63) is 70.0 Å². The first kappa shape index (κ1) is 23.3. The zero-order chi connectivity index (χ0) is 24.5. The largest absolute Gasteiger partial charge is 0.339 e. The van der Waals surface area contributed by atoms with Gasteiger partial charge in [-0.25, -0.2) is 0 Å². The molecule has 2 aliphatic rings. The molecule has 3 aromatic rings. The van der Waals surface area contributed by atoms with Gasteiger partial charge in [-0.3, -0.25) is 4.79 Å². The number of aromatic amines is 1. The Hall–Kier alpha value is -3.46. The van der Waals surface area contributed by atoms with E-state index < -0.39 is 0 Å². The zero-order valence-corrected chi connectivity index (χ0v) is 20.8. The third kappa shape index (κ3) is 4.48. The lowest BCUT2D eigenvalue weighted by Gasteiger charge is -2.33. The Morgan fingerprint density at radius 1 is 1.06 bits per heavy atom. The summed E-state index contributed by atoms with van der Waals surface area (Å²) < 4.78 is 0. The van der Waals surface area contributed by atoms with Crippen molar-refractivity contribution in [2.45, 2.75) is 70.6 Å². The average molecular weight is 468 g/mol.